The van der Waals surface area contributed by atoms with Crippen molar-refractivity contribution in [3.05, 3.63) is 23.8 Å². The van der Waals surface area contributed by atoms with Gasteiger partial charge in [-0.15, -0.1) is 12.3 Å². The minimum absolute atomic E-state index is 0.183. The van der Waals surface area contributed by atoms with Crippen LogP contribution < -0.4 is 10.2 Å². The molecule has 7 heteroatoms. The van der Waals surface area contributed by atoms with E-state index in [2.05, 4.69) is 16.1 Å². The zero-order valence-electron chi connectivity index (χ0n) is 15.6. The molecular formula is C20H26F3N3O. The molecule has 0 atom stereocenters. The molecule has 0 spiro atoms. The van der Waals surface area contributed by atoms with Gasteiger partial charge in [0.05, 0.1) is 11.3 Å². The number of hydrogen-bond acceptors (Lipinski definition) is 3. The van der Waals surface area contributed by atoms with E-state index in [0.29, 0.717) is 31.6 Å². The Labute approximate surface area is 158 Å². The minimum Gasteiger partial charge on any atom is -0.369 e. The van der Waals surface area contributed by atoms with Crippen molar-refractivity contribution in [2.75, 3.05) is 43.4 Å². The smallest absolute Gasteiger partial charge is 0.369 e. The number of nitrogens with zero attached hydrogens (tertiary/aromatic N) is 2. The molecule has 1 N–H and O–H groups in total. The summed E-state index contributed by atoms with van der Waals surface area (Å²) in [5.41, 5.74) is -0.462. The molecule has 0 bridgehead atoms. The maximum absolute atomic E-state index is 13.5. The number of carbonyl (C=O) groups excluding carboxylic acids is 1. The van der Waals surface area contributed by atoms with Crippen molar-refractivity contribution < 1.29 is 18.0 Å². The summed E-state index contributed by atoms with van der Waals surface area (Å²) < 4.78 is 40.5. The molecule has 0 saturated carbocycles. The lowest BCUT2D eigenvalue weighted by molar-refractivity contribution is -0.136. The molecule has 1 aliphatic heterocycles. The van der Waals surface area contributed by atoms with E-state index >= 15 is 0 Å². The van der Waals surface area contributed by atoms with Crippen molar-refractivity contribution in [3.8, 4) is 12.3 Å². The number of rotatable bonds is 7. The molecule has 1 heterocycles. The van der Waals surface area contributed by atoms with Crippen LogP contribution in [0.2, 0.25) is 0 Å². The summed E-state index contributed by atoms with van der Waals surface area (Å²) in [4.78, 5) is 16.1. The monoisotopic (exact) mass is 381 g/mol. The first-order valence-corrected chi connectivity index (χ1v) is 9.19. The van der Waals surface area contributed by atoms with E-state index in [-0.39, 0.29) is 12.1 Å². The quantitative estimate of drug-likeness (QED) is 0.573. The highest BCUT2D eigenvalue weighted by Gasteiger charge is 2.34. The van der Waals surface area contributed by atoms with Gasteiger partial charge in [0, 0.05) is 44.7 Å². The van der Waals surface area contributed by atoms with Gasteiger partial charge in [-0.3, -0.25) is 4.79 Å². The molecule has 0 aliphatic carbocycles. The van der Waals surface area contributed by atoms with Crippen molar-refractivity contribution in [1.82, 2.24) is 4.90 Å². The molecule has 0 unspecified atom stereocenters. The van der Waals surface area contributed by atoms with E-state index < -0.39 is 17.6 Å². The van der Waals surface area contributed by atoms with E-state index in [4.69, 9.17) is 6.42 Å². The van der Waals surface area contributed by atoms with Gasteiger partial charge < -0.3 is 15.1 Å². The Morgan fingerprint density at radius 3 is 2.52 bits per heavy atom. The zero-order valence-corrected chi connectivity index (χ0v) is 15.6. The van der Waals surface area contributed by atoms with Crippen LogP contribution in [-0.4, -0.2) is 44.0 Å². The number of benzene rings is 1. The SMILES string of the molecule is C#CCCCCCC(=O)Nc1ccc(N2CCN(C)CC2)cc1C(F)(F)F. The number of terminal acetylenes is 1. The summed E-state index contributed by atoms with van der Waals surface area (Å²) in [6.07, 6.45) is 3.67. The van der Waals surface area contributed by atoms with Crippen molar-refractivity contribution >= 4 is 17.3 Å². The highest BCUT2D eigenvalue weighted by Crippen LogP contribution is 2.37. The molecule has 4 nitrogen and oxygen atoms in total. The topological polar surface area (TPSA) is 35.6 Å². The summed E-state index contributed by atoms with van der Waals surface area (Å²) in [5.74, 6) is 2.11. The fourth-order valence-corrected chi connectivity index (χ4v) is 3.04. The van der Waals surface area contributed by atoms with Crippen LogP contribution in [-0.2, 0) is 11.0 Å². The van der Waals surface area contributed by atoms with Crippen molar-refractivity contribution in [2.45, 2.75) is 38.3 Å². The van der Waals surface area contributed by atoms with Gasteiger partial charge in [-0.05, 0) is 38.1 Å². The number of nitrogens with one attached hydrogen (secondary N) is 1. The standard InChI is InChI=1S/C20H26F3N3O/c1-3-4-5-6-7-8-19(27)24-18-10-9-16(15-17(18)20(21,22)23)26-13-11-25(2)12-14-26/h1,9-10,15H,4-8,11-14H2,2H3,(H,24,27). The maximum atomic E-state index is 13.5. The van der Waals surface area contributed by atoms with Gasteiger partial charge in [0.15, 0.2) is 0 Å². The fourth-order valence-electron chi connectivity index (χ4n) is 3.04. The van der Waals surface area contributed by atoms with E-state index in [1.165, 1.54) is 6.07 Å². The first-order valence-electron chi connectivity index (χ1n) is 9.19. The molecule has 1 saturated heterocycles. The molecule has 2 rings (SSSR count). The average molecular weight is 381 g/mol. The molecule has 1 fully saturated rings. The molecular weight excluding hydrogens is 355 g/mol. The fraction of sp³-hybridized carbons (Fsp3) is 0.550. The molecule has 148 valence electrons. The van der Waals surface area contributed by atoms with Crippen molar-refractivity contribution in [1.29, 1.82) is 0 Å². The predicted molar refractivity (Wildman–Crippen MR) is 102 cm³/mol. The Bertz CT molecular complexity index is 674. The summed E-state index contributed by atoms with van der Waals surface area (Å²) in [6.45, 7) is 2.97. The lowest BCUT2D eigenvalue weighted by atomic mass is 10.1. The number of unbranched alkanes of at least 4 members (excludes halogenated alkanes) is 3. The van der Waals surface area contributed by atoms with Crippen LogP contribution in [0.15, 0.2) is 18.2 Å². The number of likely N-dealkylation sites (N-methyl/N-ethyl adjacent to an activating group) is 1. The highest BCUT2D eigenvalue weighted by atomic mass is 19.4. The van der Waals surface area contributed by atoms with Gasteiger partial charge in [-0.1, -0.05) is 6.42 Å². The molecule has 1 amide bonds. The summed E-state index contributed by atoms with van der Waals surface area (Å²) in [5, 5.41) is 2.42. The molecule has 1 aromatic carbocycles. The maximum Gasteiger partial charge on any atom is 0.418 e. The number of carbonyl (C=O) groups is 1. The van der Waals surface area contributed by atoms with E-state index in [1.807, 2.05) is 11.9 Å². The van der Waals surface area contributed by atoms with E-state index in [0.717, 1.165) is 32.0 Å². The minimum atomic E-state index is -4.53. The first kappa shape index (κ1) is 21.1. The third-order valence-electron chi connectivity index (χ3n) is 4.68. The van der Waals surface area contributed by atoms with Crippen LogP contribution in [0.1, 0.15) is 37.7 Å². The predicted octanol–water partition coefficient (Wildman–Crippen LogP) is 3.98. The average Bonchev–Trinajstić information content (AvgIpc) is 2.62. The number of hydrogen-bond donors (Lipinski definition) is 1. The molecule has 1 aromatic rings. The van der Waals surface area contributed by atoms with Crippen LogP contribution in [0.5, 0.6) is 0 Å². The number of amides is 1. The van der Waals surface area contributed by atoms with Crippen LogP contribution in [0.4, 0.5) is 24.5 Å². The lowest BCUT2D eigenvalue weighted by Crippen LogP contribution is -2.44. The number of piperazine rings is 1. The number of anilines is 2. The Morgan fingerprint density at radius 2 is 1.89 bits per heavy atom. The van der Waals surface area contributed by atoms with Crippen LogP contribution in [0.25, 0.3) is 0 Å². The molecule has 27 heavy (non-hydrogen) atoms. The van der Waals surface area contributed by atoms with Crippen molar-refractivity contribution in [2.24, 2.45) is 0 Å². The second kappa shape index (κ2) is 9.65. The van der Waals surface area contributed by atoms with Crippen LogP contribution in [0, 0.1) is 12.3 Å². The Morgan fingerprint density at radius 1 is 1.19 bits per heavy atom. The second-order valence-corrected chi connectivity index (χ2v) is 6.83. The Kier molecular flexibility index (Phi) is 7.55. The second-order valence-electron chi connectivity index (χ2n) is 6.83. The normalized spacial score (nSPS) is 15.4. The van der Waals surface area contributed by atoms with Gasteiger partial charge in [-0.2, -0.15) is 13.2 Å². The third-order valence-corrected chi connectivity index (χ3v) is 4.68. The number of halogens is 3. The molecule has 0 aromatic heterocycles. The van der Waals surface area contributed by atoms with Gasteiger partial charge in [0.1, 0.15) is 0 Å². The third kappa shape index (κ3) is 6.47. The van der Waals surface area contributed by atoms with Gasteiger partial charge >= 0.3 is 6.18 Å². The first-order chi connectivity index (χ1) is 12.8. The summed E-state index contributed by atoms with van der Waals surface area (Å²) in [6, 6.07) is 4.13. The zero-order chi connectivity index (χ0) is 19.9. The highest BCUT2D eigenvalue weighted by molar-refractivity contribution is 5.92. The Balaban J connectivity index is 2.05. The molecule has 0 radical (unpaired) electrons. The largest absolute Gasteiger partial charge is 0.418 e. The van der Waals surface area contributed by atoms with Gasteiger partial charge in [0.25, 0.3) is 0 Å². The van der Waals surface area contributed by atoms with E-state index in [9.17, 15) is 18.0 Å². The Hall–Kier alpha value is -2.20. The lowest BCUT2D eigenvalue weighted by Gasteiger charge is -2.34. The van der Waals surface area contributed by atoms with E-state index in [1.54, 1.807) is 6.07 Å². The number of alkyl halides is 3. The van der Waals surface area contributed by atoms with Crippen LogP contribution in [0.3, 0.4) is 0 Å². The summed E-state index contributed by atoms with van der Waals surface area (Å²) in [7, 11) is 1.99. The van der Waals surface area contributed by atoms with Crippen LogP contribution >= 0.6 is 0 Å². The summed E-state index contributed by atoms with van der Waals surface area (Å²) >= 11 is 0. The van der Waals surface area contributed by atoms with Crippen molar-refractivity contribution in [3.63, 3.8) is 0 Å². The molecule has 1 aliphatic rings. The van der Waals surface area contributed by atoms with Gasteiger partial charge in [-0.25, -0.2) is 0 Å². The van der Waals surface area contributed by atoms with Gasteiger partial charge in [0.2, 0.25) is 5.91 Å².